The van der Waals surface area contributed by atoms with E-state index in [9.17, 15) is 9.18 Å². The molecule has 1 aliphatic rings. The van der Waals surface area contributed by atoms with Crippen molar-refractivity contribution in [1.29, 1.82) is 0 Å². The van der Waals surface area contributed by atoms with E-state index in [-0.39, 0.29) is 10.0 Å². The Bertz CT molecular complexity index is 500. The zero-order chi connectivity index (χ0) is 14.0. The number of benzene rings is 1. The average molecular weight is 330 g/mol. The lowest BCUT2D eigenvalue weighted by molar-refractivity contribution is 0.0695. The molecule has 19 heavy (non-hydrogen) atoms. The fraction of sp³-hybridized carbons (Fsp3) is 0.500. The van der Waals surface area contributed by atoms with Gasteiger partial charge in [-0.3, -0.25) is 0 Å². The lowest BCUT2D eigenvalue weighted by Gasteiger charge is -2.17. The third kappa shape index (κ3) is 3.08. The van der Waals surface area contributed by atoms with Gasteiger partial charge < -0.3 is 10.4 Å². The molecule has 0 saturated heterocycles. The van der Waals surface area contributed by atoms with Gasteiger partial charge in [0.15, 0.2) is 5.82 Å². The van der Waals surface area contributed by atoms with Gasteiger partial charge in [-0.1, -0.05) is 13.3 Å². The normalized spacial score (nSPS) is 16.2. The van der Waals surface area contributed by atoms with Crippen molar-refractivity contribution in [2.75, 3.05) is 11.9 Å². The summed E-state index contributed by atoms with van der Waals surface area (Å²) in [6, 6.07) is 2.91. The van der Waals surface area contributed by atoms with E-state index in [1.807, 2.05) is 0 Å². The summed E-state index contributed by atoms with van der Waals surface area (Å²) in [5.41, 5.74) is 0.621. The molecule has 104 valence electrons. The monoisotopic (exact) mass is 329 g/mol. The number of carboxylic acids is 1. The van der Waals surface area contributed by atoms with Crippen LogP contribution in [0.2, 0.25) is 0 Å². The fourth-order valence-corrected chi connectivity index (χ4v) is 2.87. The predicted molar refractivity (Wildman–Crippen MR) is 76.1 cm³/mol. The number of anilines is 1. The first-order valence-corrected chi connectivity index (χ1v) is 7.23. The quantitative estimate of drug-likeness (QED) is 0.818. The van der Waals surface area contributed by atoms with Gasteiger partial charge in [0, 0.05) is 6.54 Å². The van der Waals surface area contributed by atoms with E-state index < -0.39 is 11.8 Å². The number of hydrogen-bond acceptors (Lipinski definition) is 2. The minimum absolute atomic E-state index is 0.00494. The van der Waals surface area contributed by atoms with Crippen LogP contribution in [0, 0.1) is 11.2 Å². The highest BCUT2D eigenvalue weighted by Gasteiger charge is 2.41. The number of carboxylic acid groups (broad SMARTS) is 1. The summed E-state index contributed by atoms with van der Waals surface area (Å²) in [7, 11) is 0. The predicted octanol–water partition coefficient (Wildman–Crippen LogP) is 4.28. The van der Waals surface area contributed by atoms with E-state index >= 15 is 0 Å². The molecule has 2 rings (SSSR count). The molecule has 3 nitrogen and oxygen atoms in total. The van der Waals surface area contributed by atoms with Gasteiger partial charge in [0.25, 0.3) is 0 Å². The Balaban J connectivity index is 2.09. The maximum Gasteiger partial charge on any atom is 0.336 e. The Morgan fingerprint density at radius 2 is 2.21 bits per heavy atom. The van der Waals surface area contributed by atoms with Crippen molar-refractivity contribution in [3.63, 3.8) is 0 Å². The molecule has 1 aromatic carbocycles. The van der Waals surface area contributed by atoms with E-state index in [1.54, 1.807) is 0 Å². The topological polar surface area (TPSA) is 49.3 Å². The van der Waals surface area contributed by atoms with Gasteiger partial charge in [0.1, 0.15) is 0 Å². The van der Waals surface area contributed by atoms with Crippen molar-refractivity contribution in [3.05, 3.63) is 28.0 Å². The molecule has 0 bridgehead atoms. The molecule has 0 spiro atoms. The Morgan fingerprint density at radius 1 is 1.53 bits per heavy atom. The smallest absolute Gasteiger partial charge is 0.336 e. The lowest BCUT2D eigenvalue weighted by Crippen LogP contribution is -2.16. The van der Waals surface area contributed by atoms with Gasteiger partial charge in [-0.05, 0) is 52.7 Å². The average Bonchev–Trinajstić information content (AvgIpc) is 3.11. The van der Waals surface area contributed by atoms with Gasteiger partial charge in [-0.2, -0.15) is 0 Å². The summed E-state index contributed by atoms with van der Waals surface area (Å²) in [5.74, 6) is -1.67. The number of aromatic carboxylic acids is 1. The highest BCUT2D eigenvalue weighted by Crippen LogP contribution is 2.49. The molecule has 1 aliphatic carbocycles. The molecule has 2 N–H and O–H groups in total. The Labute approximate surface area is 120 Å². The Kier molecular flexibility index (Phi) is 4.13. The molecule has 0 amide bonds. The van der Waals surface area contributed by atoms with E-state index in [4.69, 9.17) is 5.11 Å². The van der Waals surface area contributed by atoms with Crippen LogP contribution in [0.1, 0.15) is 43.0 Å². The van der Waals surface area contributed by atoms with Crippen LogP contribution in [0.5, 0.6) is 0 Å². The van der Waals surface area contributed by atoms with Crippen molar-refractivity contribution in [2.24, 2.45) is 5.41 Å². The SMILES string of the molecule is CCCC1(CNc2ccc(C(=O)O)c(Br)c2F)CC1. The molecular weight excluding hydrogens is 313 g/mol. The van der Waals surface area contributed by atoms with Crippen LogP contribution in [0.3, 0.4) is 0 Å². The molecule has 0 radical (unpaired) electrons. The first-order valence-electron chi connectivity index (χ1n) is 6.44. The molecule has 0 aliphatic heterocycles. The summed E-state index contributed by atoms with van der Waals surface area (Å²) in [5, 5.41) is 12.0. The van der Waals surface area contributed by atoms with Crippen LogP contribution in [-0.2, 0) is 0 Å². The van der Waals surface area contributed by atoms with E-state index in [0.717, 1.165) is 19.4 Å². The van der Waals surface area contributed by atoms with Crippen LogP contribution in [0.15, 0.2) is 16.6 Å². The summed E-state index contributed by atoms with van der Waals surface area (Å²) >= 11 is 3.00. The molecule has 1 saturated carbocycles. The highest BCUT2D eigenvalue weighted by atomic mass is 79.9. The van der Waals surface area contributed by atoms with Crippen LogP contribution in [0.25, 0.3) is 0 Å². The van der Waals surface area contributed by atoms with Crippen molar-refractivity contribution in [3.8, 4) is 0 Å². The second kappa shape index (κ2) is 5.49. The second-order valence-corrected chi connectivity index (χ2v) is 5.99. The maximum atomic E-state index is 14.0. The highest BCUT2D eigenvalue weighted by molar-refractivity contribution is 9.10. The van der Waals surface area contributed by atoms with Crippen molar-refractivity contribution < 1.29 is 14.3 Å². The molecule has 0 unspecified atom stereocenters. The third-order valence-electron chi connectivity index (χ3n) is 3.70. The fourth-order valence-electron chi connectivity index (χ4n) is 2.36. The standard InChI is InChI=1S/C14H17BrFNO2/c1-2-5-14(6-7-14)8-17-10-4-3-9(13(18)19)11(15)12(10)16/h3-4,17H,2,5-8H2,1H3,(H,18,19). The van der Waals surface area contributed by atoms with Crippen LogP contribution in [-0.4, -0.2) is 17.6 Å². The second-order valence-electron chi connectivity index (χ2n) is 5.20. The summed E-state index contributed by atoms with van der Waals surface area (Å²) in [4.78, 5) is 10.9. The summed E-state index contributed by atoms with van der Waals surface area (Å²) in [6.45, 7) is 2.90. The van der Waals surface area contributed by atoms with Crippen LogP contribution < -0.4 is 5.32 Å². The van der Waals surface area contributed by atoms with E-state index in [2.05, 4.69) is 28.2 Å². The largest absolute Gasteiger partial charge is 0.478 e. The van der Waals surface area contributed by atoms with Gasteiger partial charge >= 0.3 is 5.97 Å². The third-order valence-corrected chi connectivity index (χ3v) is 4.48. The van der Waals surface area contributed by atoms with E-state index in [1.165, 1.54) is 25.0 Å². The van der Waals surface area contributed by atoms with Crippen LogP contribution >= 0.6 is 15.9 Å². The molecule has 5 heteroatoms. The maximum absolute atomic E-state index is 14.0. The van der Waals surface area contributed by atoms with E-state index in [0.29, 0.717) is 11.1 Å². The molecule has 0 aromatic heterocycles. The van der Waals surface area contributed by atoms with Gasteiger partial charge in [0.05, 0.1) is 15.7 Å². The van der Waals surface area contributed by atoms with Crippen LogP contribution in [0.4, 0.5) is 10.1 Å². The molecule has 0 atom stereocenters. The number of nitrogens with one attached hydrogen (secondary N) is 1. The number of halogens is 2. The van der Waals surface area contributed by atoms with Gasteiger partial charge in [0.2, 0.25) is 0 Å². The minimum Gasteiger partial charge on any atom is -0.478 e. The van der Waals surface area contributed by atoms with Gasteiger partial charge in [-0.15, -0.1) is 0 Å². The molecule has 0 heterocycles. The number of hydrogen-bond donors (Lipinski definition) is 2. The molecule has 1 aromatic rings. The summed E-state index contributed by atoms with van der Waals surface area (Å²) in [6.07, 6.45) is 4.65. The molecule has 1 fully saturated rings. The van der Waals surface area contributed by atoms with Crippen molar-refractivity contribution in [1.82, 2.24) is 0 Å². The zero-order valence-electron chi connectivity index (χ0n) is 10.8. The Morgan fingerprint density at radius 3 is 2.74 bits per heavy atom. The van der Waals surface area contributed by atoms with Crippen molar-refractivity contribution >= 4 is 27.6 Å². The summed E-state index contributed by atoms with van der Waals surface area (Å²) < 4.78 is 14.0. The Hall–Kier alpha value is -1.10. The molecular formula is C14H17BrFNO2. The number of rotatable bonds is 6. The first-order chi connectivity index (χ1) is 8.99. The minimum atomic E-state index is -1.14. The number of carbonyl (C=O) groups is 1. The first kappa shape index (κ1) is 14.3. The zero-order valence-corrected chi connectivity index (χ0v) is 12.4. The lowest BCUT2D eigenvalue weighted by atomic mass is 10.0. The van der Waals surface area contributed by atoms with Crippen molar-refractivity contribution in [2.45, 2.75) is 32.6 Å². The van der Waals surface area contributed by atoms with Gasteiger partial charge in [-0.25, -0.2) is 9.18 Å².